The first kappa shape index (κ1) is 18.8. The number of carbonyl (C=O) groups excluding carboxylic acids is 1. The van der Waals surface area contributed by atoms with E-state index < -0.39 is 0 Å². The van der Waals surface area contributed by atoms with Crippen LogP contribution >= 0.6 is 0 Å². The number of nitrogens with one attached hydrogen (secondary N) is 1. The number of urea groups is 1. The highest BCUT2D eigenvalue weighted by Gasteiger charge is 2.25. The van der Waals surface area contributed by atoms with E-state index in [4.69, 9.17) is 9.47 Å². The summed E-state index contributed by atoms with van der Waals surface area (Å²) in [6.45, 7) is 5.34. The van der Waals surface area contributed by atoms with Gasteiger partial charge in [0.2, 0.25) is 0 Å². The maximum Gasteiger partial charge on any atom is 0.321 e. The zero-order valence-corrected chi connectivity index (χ0v) is 16.0. The third-order valence-corrected chi connectivity index (χ3v) is 5.47. The first-order valence-corrected chi connectivity index (χ1v) is 9.69. The molecule has 1 N–H and O–H groups in total. The van der Waals surface area contributed by atoms with Crippen LogP contribution in [0.1, 0.15) is 32.1 Å². The summed E-state index contributed by atoms with van der Waals surface area (Å²) < 4.78 is 10.5. The Kier molecular flexibility index (Phi) is 6.61. The average molecular weight is 361 g/mol. The van der Waals surface area contributed by atoms with Crippen LogP contribution in [0, 0.1) is 5.92 Å². The van der Waals surface area contributed by atoms with Crippen LogP contribution in [0.25, 0.3) is 0 Å². The minimum Gasteiger partial charge on any atom is -0.497 e. The van der Waals surface area contributed by atoms with Crippen molar-refractivity contribution in [2.45, 2.75) is 32.1 Å². The minimum absolute atomic E-state index is 0.0447. The Morgan fingerprint density at radius 1 is 1.00 bits per heavy atom. The molecule has 3 rings (SSSR count). The van der Waals surface area contributed by atoms with E-state index in [2.05, 4.69) is 10.2 Å². The Balaban J connectivity index is 1.49. The second-order valence-corrected chi connectivity index (χ2v) is 7.32. The van der Waals surface area contributed by atoms with Crippen LogP contribution in [-0.4, -0.2) is 62.8 Å². The summed E-state index contributed by atoms with van der Waals surface area (Å²) in [7, 11) is 3.21. The molecule has 2 aliphatic heterocycles. The number of hydrogen-bond donors (Lipinski definition) is 1. The molecule has 0 aromatic heterocycles. The van der Waals surface area contributed by atoms with Crippen molar-refractivity contribution in [2.24, 2.45) is 5.92 Å². The molecule has 0 saturated carbocycles. The third kappa shape index (κ3) is 5.04. The fourth-order valence-electron chi connectivity index (χ4n) is 3.91. The van der Waals surface area contributed by atoms with Crippen molar-refractivity contribution in [1.82, 2.24) is 9.80 Å². The molecule has 0 aliphatic carbocycles. The second kappa shape index (κ2) is 9.12. The van der Waals surface area contributed by atoms with Crippen LogP contribution in [0.2, 0.25) is 0 Å². The summed E-state index contributed by atoms with van der Waals surface area (Å²) in [6.07, 6.45) is 6.23. The van der Waals surface area contributed by atoms with Crippen LogP contribution in [-0.2, 0) is 0 Å². The molecule has 2 saturated heterocycles. The third-order valence-electron chi connectivity index (χ3n) is 5.47. The molecule has 0 spiro atoms. The number of ether oxygens (including phenoxy) is 2. The topological polar surface area (TPSA) is 54.0 Å². The summed E-state index contributed by atoms with van der Waals surface area (Å²) in [5.41, 5.74) is 0.696. The number of nitrogens with zero attached hydrogens (tertiary/aromatic N) is 2. The summed E-state index contributed by atoms with van der Waals surface area (Å²) in [4.78, 5) is 17.1. The smallest absolute Gasteiger partial charge is 0.321 e. The van der Waals surface area contributed by atoms with Crippen LogP contribution in [0.4, 0.5) is 10.5 Å². The zero-order chi connectivity index (χ0) is 18.4. The quantitative estimate of drug-likeness (QED) is 0.873. The molecule has 6 heteroatoms. The van der Waals surface area contributed by atoms with Gasteiger partial charge < -0.3 is 24.6 Å². The van der Waals surface area contributed by atoms with E-state index in [1.54, 1.807) is 20.3 Å². The Hall–Kier alpha value is -1.95. The summed E-state index contributed by atoms with van der Waals surface area (Å²) in [6, 6.07) is 5.37. The van der Waals surface area contributed by atoms with Crippen molar-refractivity contribution in [3.05, 3.63) is 18.2 Å². The Labute approximate surface area is 156 Å². The maximum absolute atomic E-state index is 12.6. The number of likely N-dealkylation sites (tertiary alicyclic amines) is 2. The van der Waals surface area contributed by atoms with E-state index in [0.29, 0.717) is 23.1 Å². The van der Waals surface area contributed by atoms with Crippen molar-refractivity contribution in [3.8, 4) is 11.5 Å². The van der Waals surface area contributed by atoms with Gasteiger partial charge in [-0.05, 0) is 44.7 Å². The summed E-state index contributed by atoms with van der Waals surface area (Å²) >= 11 is 0. The highest BCUT2D eigenvalue weighted by Crippen LogP contribution is 2.27. The standard InChI is InChI=1S/C20H31N3O3/c1-25-18-12-17(13-19(14-18)26-2)21-20(24)23-10-6-16(7-11-23)15-22-8-4-3-5-9-22/h12-14,16H,3-11,15H2,1-2H3,(H,21,24). The SMILES string of the molecule is COc1cc(NC(=O)N2CCC(CN3CCCCC3)CC2)cc(OC)c1. The van der Waals surface area contributed by atoms with Gasteiger partial charge in [0.1, 0.15) is 11.5 Å². The summed E-state index contributed by atoms with van der Waals surface area (Å²) in [5, 5.41) is 2.97. The number of piperidine rings is 2. The number of benzene rings is 1. The van der Waals surface area contributed by atoms with Gasteiger partial charge in [-0.3, -0.25) is 0 Å². The van der Waals surface area contributed by atoms with Crippen molar-refractivity contribution >= 4 is 11.7 Å². The van der Waals surface area contributed by atoms with Crippen LogP contribution in [0.3, 0.4) is 0 Å². The van der Waals surface area contributed by atoms with Gasteiger partial charge in [0, 0.05) is 43.5 Å². The predicted molar refractivity (Wildman–Crippen MR) is 103 cm³/mol. The highest BCUT2D eigenvalue weighted by atomic mass is 16.5. The van der Waals surface area contributed by atoms with Gasteiger partial charge in [-0.15, -0.1) is 0 Å². The van der Waals surface area contributed by atoms with Crippen LogP contribution in [0.5, 0.6) is 11.5 Å². The summed E-state index contributed by atoms with van der Waals surface area (Å²) in [5.74, 6) is 2.05. The molecular formula is C20H31N3O3. The van der Waals surface area contributed by atoms with Gasteiger partial charge in [0.15, 0.2) is 0 Å². The van der Waals surface area contributed by atoms with Crippen molar-refractivity contribution in [1.29, 1.82) is 0 Å². The van der Waals surface area contributed by atoms with E-state index in [1.807, 2.05) is 17.0 Å². The Morgan fingerprint density at radius 2 is 1.62 bits per heavy atom. The molecule has 2 fully saturated rings. The molecule has 26 heavy (non-hydrogen) atoms. The molecule has 0 bridgehead atoms. The van der Waals surface area contributed by atoms with E-state index in [1.165, 1.54) is 38.9 Å². The average Bonchev–Trinajstić information content (AvgIpc) is 2.69. The van der Waals surface area contributed by atoms with Gasteiger partial charge in [-0.25, -0.2) is 4.79 Å². The fourth-order valence-corrected chi connectivity index (χ4v) is 3.91. The van der Waals surface area contributed by atoms with Gasteiger partial charge in [0.05, 0.1) is 14.2 Å². The molecule has 2 aliphatic rings. The largest absolute Gasteiger partial charge is 0.497 e. The number of amides is 2. The van der Waals surface area contributed by atoms with E-state index >= 15 is 0 Å². The number of methoxy groups -OCH3 is 2. The number of rotatable bonds is 5. The molecule has 0 unspecified atom stereocenters. The first-order chi connectivity index (χ1) is 12.7. The first-order valence-electron chi connectivity index (χ1n) is 9.69. The maximum atomic E-state index is 12.6. The monoisotopic (exact) mass is 361 g/mol. The van der Waals surface area contributed by atoms with E-state index in [0.717, 1.165) is 25.9 Å². The number of carbonyl (C=O) groups is 1. The molecule has 1 aromatic rings. The molecule has 1 aromatic carbocycles. The van der Waals surface area contributed by atoms with Crippen molar-refractivity contribution in [3.63, 3.8) is 0 Å². The fraction of sp³-hybridized carbons (Fsp3) is 0.650. The van der Waals surface area contributed by atoms with Crippen LogP contribution < -0.4 is 14.8 Å². The lowest BCUT2D eigenvalue weighted by Crippen LogP contribution is -2.44. The lowest BCUT2D eigenvalue weighted by atomic mass is 9.95. The minimum atomic E-state index is -0.0447. The van der Waals surface area contributed by atoms with Gasteiger partial charge in [-0.2, -0.15) is 0 Å². The van der Waals surface area contributed by atoms with Crippen LogP contribution in [0.15, 0.2) is 18.2 Å². The van der Waals surface area contributed by atoms with Gasteiger partial charge >= 0.3 is 6.03 Å². The second-order valence-electron chi connectivity index (χ2n) is 7.32. The molecular weight excluding hydrogens is 330 g/mol. The van der Waals surface area contributed by atoms with Crippen molar-refractivity contribution in [2.75, 3.05) is 52.3 Å². The Bertz CT molecular complexity index is 572. The molecule has 0 radical (unpaired) electrons. The number of hydrogen-bond acceptors (Lipinski definition) is 4. The Morgan fingerprint density at radius 3 is 2.19 bits per heavy atom. The van der Waals surface area contributed by atoms with Gasteiger partial charge in [0.25, 0.3) is 0 Å². The highest BCUT2D eigenvalue weighted by molar-refractivity contribution is 5.89. The lowest BCUT2D eigenvalue weighted by Gasteiger charge is -2.36. The lowest BCUT2D eigenvalue weighted by molar-refractivity contribution is 0.142. The predicted octanol–water partition coefficient (Wildman–Crippen LogP) is 3.43. The van der Waals surface area contributed by atoms with Crippen molar-refractivity contribution < 1.29 is 14.3 Å². The molecule has 6 nitrogen and oxygen atoms in total. The zero-order valence-electron chi connectivity index (χ0n) is 16.0. The van der Waals surface area contributed by atoms with Gasteiger partial charge in [-0.1, -0.05) is 6.42 Å². The van der Waals surface area contributed by atoms with E-state index in [-0.39, 0.29) is 6.03 Å². The molecule has 144 valence electrons. The number of anilines is 1. The molecule has 2 heterocycles. The van der Waals surface area contributed by atoms with E-state index in [9.17, 15) is 4.79 Å². The molecule has 0 atom stereocenters. The normalized spacial score (nSPS) is 19.2. The molecule has 2 amide bonds.